The lowest BCUT2D eigenvalue weighted by atomic mass is 9.88. The largest absolute Gasteiger partial charge is 0.297 e. The molecule has 2 atom stereocenters. The molecule has 0 aliphatic carbocycles. The molecular weight excluding hydrogens is 302 g/mol. The zero-order valence-electron chi connectivity index (χ0n) is 15.1. The summed E-state index contributed by atoms with van der Waals surface area (Å²) in [7, 11) is 1.89. The van der Waals surface area contributed by atoms with E-state index >= 15 is 0 Å². The Morgan fingerprint density at radius 2 is 1.83 bits per heavy atom. The second-order valence-corrected chi connectivity index (χ2v) is 6.35. The summed E-state index contributed by atoms with van der Waals surface area (Å²) in [5, 5.41) is 13.9. The Kier molecular flexibility index (Phi) is 5.13. The molecule has 0 aliphatic heterocycles. The number of ketones is 1. The number of nitriles is 1. The molecule has 0 spiro atoms. The second kappa shape index (κ2) is 6.91. The number of hydrogen-bond acceptors (Lipinski definition) is 5. The van der Waals surface area contributed by atoms with E-state index in [1.54, 1.807) is 0 Å². The van der Waals surface area contributed by atoms with E-state index in [2.05, 4.69) is 21.1 Å². The van der Waals surface area contributed by atoms with Gasteiger partial charge in [0, 0.05) is 30.0 Å². The fraction of sp³-hybridized carbons (Fsp3) is 0.500. The van der Waals surface area contributed by atoms with E-state index in [1.165, 1.54) is 0 Å². The molecule has 6 heteroatoms. The van der Waals surface area contributed by atoms with Crippen LogP contribution in [0.5, 0.6) is 0 Å². The molecule has 2 aromatic rings. The summed E-state index contributed by atoms with van der Waals surface area (Å²) in [6.45, 7) is 9.45. The smallest absolute Gasteiger partial charge is 0.164 e. The van der Waals surface area contributed by atoms with E-state index < -0.39 is 5.92 Å². The molecule has 0 amide bonds. The summed E-state index contributed by atoms with van der Waals surface area (Å²) in [6, 6.07) is 3.91. The van der Waals surface area contributed by atoms with Gasteiger partial charge < -0.3 is 0 Å². The quantitative estimate of drug-likeness (QED) is 0.843. The third-order valence-electron chi connectivity index (χ3n) is 4.33. The number of nitrogens with zero attached hydrogens (tertiary/aromatic N) is 5. The monoisotopic (exact) mass is 325 g/mol. The van der Waals surface area contributed by atoms with Gasteiger partial charge in [0.05, 0.1) is 11.8 Å². The lowest BCUT2D eigenvalue weighted by Gasteiger charge is -2.15. The molecule has 0 aliphatic rings. The van der Waals surface area contributed by atoms with E-state index in [0.29, 0.717) is 12.2 Å². The summed E-state index contributed by atoms with van der Waals surface area (Å²) in [6.07, 6.45) is 0.563. The fourth-order valence-electron chi connectivity index (χ4n) is 2.94. The van der Waals surface area contributed by atoms with E-state index in [1.807, 2.05) is 52.4 Å². The average Bonchev–Trinajstić information content (AvgIpc) is 2.73. The number of Topliss-reactive ketones (excluding diaryl/α,β-unsaturated/α-hetero) is 1. The van der Waals surface area contributed by atoms with Crippen LogP contribution in [0.25, 0.3) is 0 Å². The molecule has 0 saturated heterocycles. The molecule has 0 unspecified atom stereocenters. The fourth-order valence-corrected chi connectivity index (χ4v) is 2.94. The van der Waals surface area contributed by atoms with Crippen LogP contribution in [-0.2, 0) is 18.3 Å². The van der Waals surface area contributed by atoms with E-state index in [0.717, 1.165) is 28.3 Å². The standard InChI is InChI=1S/C18H23N5O/c1-10(7-15-13(4)22-23(6)14(15)5)17(24)16(9-19)18-20-11(2)8-12(3)21-18/h8,10,16H,7H2,1-6H3/t10-,16-/m1/s1. The van der Waals surface area contributed by atoms with Crippen molar-refractivity contribution in [3.05, 3.63) is 40.2 Å². The Morgan fingerprint density at radius 3 is 2.29 bits per heavy atom. The first kappa shape index (κ1) is 17.8. The maximum Gasteiger partial charge on any atom is 0.164 e. The lowest BCUT2D eigenvalue weighted by Crippen LogP contribution is -2.23. The molecule has 0 saturated carbocycles. The predicted molar refractivity (Wildman–Crippen MR) is 90.4 cm³/mol. The van der Waals surface area contributed by atoms with Crippen molar-refractivity contribution < 1.29 is 4.79 Å². The number of carbonyl (C=O) groups excluding carboxylic acids is 1. The topological polar surface area (TPSA) is 84.5 Å². The van der Waals surface area contributed by atoms with Crippen LogP contribution in [-0.4, -0.2) is 25.5 Å². The van der Waals surface area contributed by atoms with Crippen molar-refractivity contribution in [3.63, 3.8) is 0 Å². The number of carbonyl (C=O) groups is 1. The van der Waals surface area contributed by atoms with Crippen LogP contribution < -0.4 is 0 Å². The van der Waals surface area contributed by atoms with Crippen molar-refractivity contribution in [2.45, 2.75) is 47.0 Å². The van der Waals surface area contributed by atoms with Gasteiger partial charge >= 0.3 is 0 Å². The number of aromatic nitrogens is 4. The number of rotatable bonds is 5. The first-order valence-electron chi connectivity index (χ1n) is 7.99. The van der Waals surface area contributed by atoms with Crippen molar-refractivity contribution in [2.75, 3.05) is 0 Å². The predicted octanol–water partition coefficient (Wildman–Crippen LogP) is 2.50. The van der Waals surface area contributed by atoms with Gasteiger partial charge in [-0.15, -0.1) is 0 Å². The Bertz CT molecular complexity index is 795. The Balaban J connectivity index is 2.26. The van der Waals surface area contributed by atoms with Gasteiger partial charge in [-0.05, 0) is 45.7 Å². The lowest BCUT2D eigenvalue weighted by molar-refractivity contribution is -0.122. The molecule has 24 heavy (non-hydrogen) atoms. The minimum atomic E-state index is -0.934. The van der Waals surface area contributed by atoms with Crippen LogP contribution >= 0.6 is 0 Å². The molecule has 0 radical (unpaired) electrons. The summed E-state index contributed by atoms with van der Waals surface area (Å²) in [5.74, 6) is -1.09. The van der Waals surface area contributed by atoms with E-state index in [9.17, 15) is 10.1 Å². The van der Waals surface area contributed by atoms with Crippen molar-refractivity contribution >= 4 is 5.78 Å². The van der Waals surface area contributed by atoms with Crippen molar-refractivity contribution in [3.8, 4) is 6.07 Å². The maximum absolute atomic E-state index is 12.8. The van der Waals surface area contributed by atoms with Crippen LogP contribution in [0.1, 0.15) is 47.0 Å². The number of aryl methyl sites for hydroxylation is 4. The molecule has 0 aromatic carbocycles. The first-order chi connectivity index (χ1) is 11.2. The molecule has 0 bridgehead atoms. The SMILES string of the molecule is Cc1cc(C)nc([C@H](C#N)C(=O)[C@H](C)Cc2c(C)nn(C)c2C)n1. The Labute approximate surface area is 142 Å². The zero-order valence-corrected chi connectivity index (χ0v) is 15.1. The molecule has 2 heterocycles. The average molecular weight is 325 g/mol. The number of hydrogen-bond donors (Lipinski definition) is 0. The van der Waals surface area contributed by atoms with Crippen molar-refractivity contribution in [1.29, 1.82) is 5.26 Å². The normalized spacial score (nSPS) is 13.4. The minimum Gasteiger partial charge on any atom is -0.297 e. The van der Waals surface area contributed by atoms with Gasteiger partial charge in [-0.25, -0.2) is 9.97 Å². The van der Waals surface area contributed by atoms with Crippen LogP contribution in [0.3, 0.4) is 0 Å². The molecule has 2 aromatic heterocycles. The van der Waals surface area contributed by atoms with Crippen LogP contribution in [0.15, 0.2) is 6.07 Å². The highest BCUT2D eigenvalue weighted by molar-refractivity contribution is 5.89. The molecule has 2 rings (SSSR count). The van der Waals surface area contributed by atoms with Gasteiger partial charge in [0.15, 0.2) is 17.5 Å². The molecule has 0 fully saturated rings. The van der Waals surface area contributed by atoms with Crippen LogP contribution in [0.4, 0.5) is 0 Å². The Hall–Kier alpha value is -2.55. The van der Waals surface area contributed by atoms with E-state index in [-0.39, 0.29) is 11.7 Å². The van der Waals surface area contributed by atoms with Crippen LogP contribution in [0.2, 0.25) is 0 Å². The van der Waals surface area contributed by atoms with Gasteiger partial charge in [0.2, 0.25) is 0 Å². The summed E-state index contributed by atoms with van der Waals surface area (Å²) < 4.78 is 1.82. The zero-order chi connectivity index (χ0) is 18.0. The van der Waals surface area contributed by atoms with Crippen molar-refractivity contribution in [1.82, 2.24) is 19.7 Å². The van der Waals surface area contributed by atoms with Gasteiger partial charge in [0.1, 0.15) is 0 Å². The van der Waals surface area contributed by atoms with Gasteiger partial charge in [-0.1, -0.05) is 6.92 Å². The Morgan fingerprint density at radius 1 is 1.25 bits per heavy atom. The first-order valence-corrected chi connectivity index (χ1v) is 7.99. The molecular formula is C18H23N5O. The third kappa shape index (κ3) is 3.51. The summed E-state index contributed by atoms with van der Waals surface area (Å²) in [4.78, 5) is 21.4. The highest BCUT2D eigenvalue weighted by atomic mass is 16.1. The second-order valence-electron chi connectivity index (χ2n) is 6.35. The minimum absolute atomic E-state index is 0.148. The maximum atomic E-state index is 12.8. The highest BCUT2D eigenvalue weighted by Crippen LogP contribution is 2.23. The summed E-state index contributed by atoms with van der Waals surface area (Å²) in [5.41, 5.74) is 4.56. The van der Waals surface area contributed by atoms with Gasteiger partial charge in [-0.3, -0.25) is 9.48 Å². The van der Waals surface area contributed by atoms with Gasteiger partial charge in [0.25, 0.3) is 0 Å². The van der Waals surface area contributed by atoms with Crippen molar-refractivity contribution in [2.24, 2.45) is 13.0 Å². The summed E-state index contributed by atoms with van der Waals surface area (Å²) >= 11 is 0. The molecule has 0 N–H and O–H groups in total. The molecule has 6 nitrogen and oxygen atoms in total. The molecule has 126 valence electrons. The van der Waals surface area contributed by atoms with Gasteiger partial charge in [-0.2, -0.15) is 10.4 Å². The van der Waals surface area contributed by atoms with Crippen LogP contribution in [0, 0.1) is 44.9 Å². The highest BCUT2D eigenvalue weighted by Gasteiger charge is 2.29. The van der Waals surface area contributed by atoms with E-state index in [4.69, 9.17) is 0 Å². The third-order valence-corrected chi connectivity index (χ3v) is 4.33.